The van der Waals surface area contributed by atoms with Crippen LogP contribution in [0.2, 0.25) is 0 Å². The van der Waals surface area contributed by atoms with Gasteiger partial charge in [0.05, 0.1) is 23.6 Å². The quantitative estimate of drug-likeness (QED) is 0.453. The molecule has 1 atom stereocenters. The Morgan fingerprint density at radius 3 is 2.58 bits per heavy atom. The third-order valence-corrected chi connectivity index (χ3v) is 7.29. The third kappa shape index (κ3) is 4.11. The molecule has 3 heterocycles. The lowest BCUT2D eigenvalue weighted by Gasteiger charge is -2.31. The third-order valence-electron chi connectivity index (χ3n) is 7.29. The van der Waals surface area contributed by atoms with Crippen molar-refractivity contribution in [3.05, 3.63) is 94.8 Å². The molecule has 2 aliphatic rings. The maximum atomic E-state index is 13.0. The van der Waals surface area contributed by atoms with Crippen LogP contribution in [0.5, 0.6) is 5.75 Å². The zero-order chi connectivity index (χ0) is 24.6. The van der Waals surface area contributed by atoms with E-state index in [4.69, 9.17) is 9.72 Å². The first-order valence-electron chi connectivity index (χ1n) is 12.4. The van der Waals surface area contributed by atoms with E-state index in [0.717, 1.165) is 40.2 Å². The van der Waals surface area contributed by atoms with Crippen LogP contribution in [0.1, 0.15) is 45.7 Å². The van der Waals surface area contributed by atoms with Crippen LogP contribution < -0.4 is 10.1 Å². The first-order valence-corrected chi connectivity index (χ1v) is 12.4. The van der Waals surface area contributed by atoms with Crippen molar-refractivity contribution in [1.29, 1.82) is 0 Å². The number of aromatic nitrogens is 2. The molecular formula is C29H28N4O3. The van der Waals surface area contributed by atoms with Crippen LogP contribution in [0.15, 0.2) is 66.7 Å². The van der Waals surface area contributed by atoms with E-state index in [1.165, 1.54) is 5.56 Å². The molecule has 1 saturated heterocycles. The van der Waals surface area contributed by atoms with E-state index in [0.29, 0.717) is 38.1 Å². The van der Waals surface area contributed by atoms with Gasteiger partial charge < -0.3 is 19.5 Å². The number of hydrogen-bond acceptors (Lipinski definition) is 4. The Morgan fingerprint density at radius 2 is 1.81 bits per heavy atom. The second-order valence-corrected chi connectivity index (χ2v) is 9.57. The second-order valence-electron chi connectivity index (χ2n) is 9.57. The summed E-state index contributed by atoms with van der Waals surface area (Å²) in [6, 6.07) is 22.3. The molecule has 6 rings (SSSR count). The van der Waals surface area contributed by atoms with Crippen LogP contribution in [0.4, 0.5) is 0 Å². The van der Waals surface area contributed by atoms with Crippen LogP contribution in [0.25, 0.3) is 11.0 Å². The first-order chi connectivity index (χ1) is 17.6. The molecule has 0 aliphatic carbocycles. The lowest BCUT2D eigenvalue weighted by Crippen LogP contribution is -2.48. The Kier molecular flexibility index (Phi) is 5.68. The van der Waals surface area contributed by atoms with E-state index in [9.17, 15) is 9.59 Å². The van der Waals surface area contributed by atoms with Crippen molar-refractivity contribution < 1.29 is 14.3 Å². The number of rotatable bonds is 6. The fourth-order valence-corrected chi connectivity index (χ4v) is 5.19. The van der Waals surface area contributed by atoms with Gasteiger partial charge >= 0.3 is 0 Å². The number of fused-ring (bicyclic) bond motifs is 2. The van der Waals surface area contributed by atoms with Gasteiger partial charge in [0, 0.05) is 37.6 Å². The highest BCUT2D eigenvalue weighted by Crippen LogP contribution is 2.33. The molecule has 0 spiro atoms. The number of carbonyl (C=O) groups excluding carboxylic acids is 2. The highest BCUT2D eigenvalue weighted by Gasteiger charge is 2.36. The average Bonchev–Trinajstić information content (AvgIpc) is 3.41. The highest BCUT2D eigenvalue weighted by molar-refractivity contribution is 5.99. The van der Waals surface area contributed by atoms with Crippen molar-refractivity contribution >= 4 is 22.8 Å². The zero-order valence-corrected chi connectivity index (χ0v) is 20.2. The summed E-state index contributed by atoms with van der Waals surface area (Å²) in [5.74, 6) is 1.85. The van der Waals surface area contributed by atoms with E-state index >= 15 is 0 Å². The fraction of sp³-hybridized carbons (Fsp3) is 0.276. The maximum Gasteiger partial charge on any atom is 0.254 e. The predicted octanol–water partition coefficient (Wildman–Crippen LogP) is 3.98. The van der Waals surface area contributed by atoms with Gasteiger partial charge in [0.2, 0.25) is 5.91 Å². The van der Waals surface area contributed by atoms with Crippen molar-refractivity contribution in [3.63, 3.8) is 0 Å². The molecule has 0 bridgehead atoms. The summed E-state index contributed by atoms with van der Waals surface area (Å²) in [6.07, 6.45) is 1.92. The number of nitrogens with zero attached hydrogens (tertiary/aromatic N) is 3. The SMILES string of the molecule is Cn1c(Cc2ccc(COc3cccc4c3CN(C3CCC(=O)NC3)C4=O)cc2)nc2ccccc21. The maximum absolute atomic E-state index is 13.0. The van der Waals surface area contributed by atoms with Gasteiger partial charge in [0.15, 0.2) is 0 Å². The molecular weight excluding hydrogens is 452 g/mol. The van der Waals surface area contributed by atoms with Crippen molar-refractivity contribution in [1.82, 2.24) is 19.8 Å². The normalized spacial score (nSPS) is 17.4. The molecule has 0 saturated carbocycles. The number of nitrogens with one attached hydrogen (secondary N) is 1. The topological polar surface area (TPSA) is 76.5 Å². The van der Waals surface area contributed by atoms with E-state index in [-0.39, 0.29) is 17.9 Å². The summed E-state index contributed by atoms with van der Waals surface area (Å²) < 4.78 is 8.34. The molecule has 0 radical (unpaired) electrons. The highest BCUT2D eigenvalue weighted by atomic mass is 16.5. The van der Waals surface area contributed by atoms with Crippen LogP contribution in [-0.2, 0) is 31.4 Å². The molecule has 7 nitrogen and oxygen atoms in total. The number of aryl methyl sites for hydroxylation is 1. The predicted molar refractivity (Wildman–Crippen MR) is 137 cm³/mol. The molecule has 182 valence electrons. The fourth-order valence-electron chi connectivity index (χ4n) is 5.19. The first kappa shape index (κ1) is 22.3. The molecule has 1 aromatic heterocycles. The van der Waals surface area contributed by atoms with Crippen molar-refractivity contribution in [2.75, 3.05) is 6.54 Å². The van der Waals surface area contributed by atoms with Gasteiger partial charge in [-0.3, -0.25) is 9.59 Å². The number of imidazole rings is 1. The average molecular weight is 481 g/mol. The largest absolute Gasteiger partial charge is 0.489 e. The summed E-state index contributed by atoms with van der Waals surface area (Å²) in [4.78, 5) is 31.2. The monoisotopic (exact) mass is 480 g/mol. The molecule has 1 fully saturated rings. The summed E-state index contributed by atoms with van der Waals surface area (Å²) in [6.45, 7) is 1.45. The minimum atomic E-state index is 0.0166. The van der Waals surface area contributed by atoms with Crippen LogP contribution >= 0.6 is 0 Å². The molecule has 1 unspecified atom stereocenters. The molecule has 4 aromatic rings. The van der Waals surface area contributed by atoms with Gasteiger partial charge in [-0.15, -0.1) is 0 Å². The Bertz CT molecular complexity index is 1450. The number of carbonyl (C=O) groups is 2. The molecule has 2 aliphatic heterocycles. The molecule has 2 amide bonds. The summed E-state index contributed by atoms with van der Waals surface area (Å²) in [5, 5.41) is 2.88. The summed E-state index contributed by atoms with van der Waals surface area (Å²) in [7, 11) is 2.06. The van der Waals surface area contributed by atoms with Gasteiger partial charge in [-0.05, 0) is 41.8 Å². The Hall–Kier alpha value is -4.13. The van der Waals surface area contributed by atoms with E-state index in [1.54, 1.807) is 0 Å². The lowest BCUT2D eigenvalue weighted by atomic mass is 10.1. The Morgan fingerprint density at radius 1 is 1.00 bits per heavy atom. The van der Waals surface area contributed by atoms with Crippen molar-refractivity contribution in [3.8, 4) is 5.75 Å². The van der Waals surface area contributed by atoms with Gasteiger partial charge in [-0.2, -0.15) is 0 Å². The zero-order valence-electron chi connectivity index (χ0n) is 20.2. The van der Waals surface area contributed by atoms with Gasteiger partial charge in [0.1, 0.15) is 18.2 Å². The minimum Gasteiger partial charge on any atom is -0.489 e. The number of ether oxygens (including phenoxy) is 1. The molecule has 1 N–H and O–H groups in total. The van der Waals surface area contributed by atoms with E-state index in [1.807, 2.05) is 41.3 Å². The number of amides is 2. The van der Waals surface area contributed by atoms with Crippen LogP contribution in [-0.4, -0.2) is 38.9 Å². The summed E-state index contributed by atoms with van der Waals surface area (Å²) >= 11 is 0. The van der Waals surface area contributed by atoms with Crippen LogP contribution in [0, 0.1) is 0 Å². The van der Waals surface area contributed by atoms with E-state index in [2.05, 4.69) is 47.3 Å². The Balaban J connectivity index is 1.12. The number of benzene rings is 3. The number of hydrogen-bond donors (Lipinski definition) is 1. The second kappa shape index (κ2) is 9.15. The van der Waals surface area contributed by atoms with Crippen LogP contribution in [0.3, 0.4) is 0 Å². The van der Waals surface area contributed by atoms with Crippen molar-refractivity contribution in [2.45, 2.75) is 38.5 Å². The molecule has 36 heavy (non-hydrogen) atoms. The lowest BCUT2D eigenvalue weighted by molar-refractivity contribution is -0.123. The minimum absolute atomic E-state index is 0.0166. The Labute approximate surface area is 209 Å². The number of piperidine rings is 1. The number of para-hydroxylation sites is 2. The molecule has 3 aromatic carbocycles. The van der Waals surface area contributed by atoms with Gasteiger partial charge in [-0.1, -0.05) is 42.5 Å². The van der Waals surface area contributed by atoms with Gasteiger partial charge in [0.25, 0.3) is 5.91 Å². The van der Waals surface area contributed by atoms with E-state index < -0.39 is 0 Å². The van der Waals surface area contributed by atoms with Gasteiger partial charge in [-0.25, -0.2) is 4.98 Å². The summed E-state index contributed by atoms with van der Waals surface area (Å²) in [5.41, 5.74) is 6.04. The standard InChI is InChI=1S/C29H28N4O3/c1-32-25-7-3-2-6-24(25)31-27(32)15-19-9-11-20(12-10-19)18-36-26-8-4-5-22-23(26)17-33(29(22)35)21-13-14-28(34)30-16-21/h2-12,21H,13-18H2,1H3,(H,30,34). The van der Waals surface area contributed by atoms with Crippen molar-refractivity contribution in [2.24, 2.45) is 7.05 Å². The molecule has 7 heteroatoms. The smallest absolute Gasteiger partial charge is 0.254 e.